The van der Waals surface area contributed by atoms with E-state index in [1.165, 1.54) is 0 Å². The fraction of sp³-hybridized carbons (Fsp3) is 0.192. The van der Waals surface area contributed by atoms with E-state index in [0.29, 0.717) is 24.1 Å². The van der Waals surface area contributed by atoms with E-state index in [1.807, 2.05) is 54.6 Å². The monoisotopic (exact) mass is 440 g/mol. The summed E-state index contributed by atoms with van der Waals surface area (Å²) in [6.45, 7) is 4.53. The lowest BCUT2D eigenvalue weighted by molar-refractivity contribution is 0.640. The summed E-state index contributed by atoms with van der Waals surface area (Å²) in [4.78, 5) is 13.3. The predicted octanol–water partition coefficient (Wildman–Crippen LogP) is 3.66. The molecule has 168 valence electrons. The second kappa shape index (κ2) is 8.78. The summed E-state index contributed by atoms with van der Waals surface area (Å²) < 4.78 is 1.65. The summed E-state index contributed by atoms with van der Waals surface area (Å²) in [7, 11) is 0. The van der Waals surface area contributed by atoms with Crippen molar-refractivity contribution in [3.8, 4) is 0 Å². The molecule has 0 saturated carbocycles. The quantitative estimate of drug-likeness (QED) is 0.221. The first-order chi connectivity index (χ1) is 15.7. The lowest BCUT2D eigenvalue weighted by Crippen LogP contribution is -2.20. The number of nitrogen functional groups attached to an aromatic ring is 2. The molecule has 4 rings (SSSR count). The van der Waals surface area contributed by atoms with Gasteiger partial charge in [0.1, 0.15) is 11.7 Å². The van der Waals surface area contributed by atoms with E-state index in [0.717, 1.165) is 33.2 Å². The Morgan fingerprint density at radius 1 is 0.909 bits per heavy atom. The summed E-state index contributed by atoms with van der Waals surface area (Å²) >= 11 is 0. The largest absolute Gasteiger partial charge is 0.384 e. The first-order valence-corrected chi connectivity index (χ1v) is 10.8. The maximum Gasteiger partial charge on any atom is 0.270 e. The molecule has 1 aromatic heterocycles. The van der Waals surface area contributed by atoms with Crippen LogP contribution in [0.1, 0.15) is 53.3 Å². The van der Waals surface area contributed by atoms with Gasteiger partial charge in [0.15, 0.2) is 0 Å². The standard InChI is InChI=1S/C26H28N6O/c1-15(2)23-22(12-16-4-3-5-19(10-16)24(27)28)26(33)32(31-23)14-17-6-7-18-8-9-20(25(29)30)13-21(18)11-17/h3-11,13,15,31H,12,14H2,1-2H3,(H3,27,28)(H3,29,30). The van der Waals surface area contributed by atoms with Crippen molar-refractivity contribution in [2.75, 3.05) is 0 Å². The number of nitrogens with two attached hydrogens (primary N) is 2. The van der Waals surface area contributed by atoms with Gasteiger partial charge in [-0.15, -0.1) is 0 Å². The maximum atomic E-state index is 13.3. The Morgan fingerprint density at radius 3 is 2.30 bits per heavy atom. The van der Waals surface area contributed by atoms with Crippen LogP contribution in [0.5, 0.6) is 0 Å². The number of H-pyrrole nitrogens is 1. The van der Waals surface area contributed by atoms with Gasteiger partial charge in [-0.05, 0) is 46.0 Å². The zero-order valence-electron chi connectivity index (χ0n) is 18.8. The molecule has 0 bridgehead atoms. The minimum Gasteiger partial charge on any atom is -0.384 e. The number of aromatic nitrogens is 2. The van der Waals surface area contributed by atoms with Crippen LogP contribution in [0.4, 0.5) is 0 Å². The van der Waals surface area contributed by atoms with Crippen LogP contribution in [0.2, 0.25) is 0 Å². The average Bonchev–Trinajstić information content (AvgIpc) is 3.09. The van der Waals surface area contributed by atoms with Crippen LogP contribution in [0, 0.1) is 10.8 Å². The van der Waals surface area contributed by atoms with Crippen molar-refractivity contribution >= 4 is 22.4 Å². The van der Waals surface area contributed by atoms with Gasteiger partial charge in [-0.25, -0.2) is 4.68 Å². The summed E-state index contributed by atoms with van der Waals surface area (Å²) in [6, 6.07) is 19.2. The van der Waals surface area contributed by atoms with Crippen LogP contribution in [0.15, 0.2) is 65.5 Å². The van der Waals surface area contributed by atoms with Gasteiger partial charge in [0.2, 0.25) is 0 Å². The number of aromatic amines is 1. The molecule has 7 heteroatoms. The number of benzene rings is 3. The number of nitrogens with one attached hydrogen (secondary N) is 3. The second-order valence-electron chi connectivity index (χ2n) is 8.65. The van der Waals surface area contributed by atoms with Crippen molar-refractivity contribution in [2.24, 2.45) is 11.5 Å². The molecule has 7 N–H and O–H groups in total. The number of hydrogen-bond donors (Lipinski definition) is 5. The van der Waals surface area contributed by atoms with E-state index < -0.39 is 0 Å². The molecule has 1 heterocycles. The van der Waals surface area contributed by atoms with E-state index in [2.05, 4.69) is 18.9 Å². The van der Waals surface area contributed by atoms with E-state index in [4.69, 9.17) is 22.3 Å². The highest BCUT2D eigenvalue weighted by molar-refractivity contribution is 5.99. The normalized spacial score (nSPS) is 11.2. The van der Waals surface area contributed by atoms with Crippen molar-refractivity contribution in [1.82, 2.24) is 9.78 Å². The third kappa shape index (κ3) is 4.57. The highest BCUT2D eigenvalue weighted by Crippen LogP contribution is 2.21. The first-order valence-electron chi connectivity index (χ1n) is 10.8. The van der Waals surface area contributed by atoms with Gasteiger partial charge < -0.3 is 11.5 Å². The Balaban J connectivity index is 1.69. The number of rotatable bonds is 7. The Morgan fingerprint density at radius 2 is 1.61 bits per heavy atom. The second-order valence-corrected chi connectivity index (χ2v) is 8.65. The summed E-state index contributed by atoms with van der Waals surface area (Å²) in [6.07, 6.45) is 0.469. The maximum absolute atomic E-state index is 13.3. The molecular weight excluding hydrogens is 412 g/mol. The zero-order chi connectivity index (χ0) is 23.7. The van der Waals surface area contributed by atoms with Crippen LogP contribution in [-0.4, -0.2) is 21.5 Å². The fourth-order valence-electron chi connectivity index (χ4n) is 4.10. The zero-order valence-corrected chi connectivity index (χ0v) is 18.8. The molecule has 0 atom stereocenters. The third-order valence-electron chi connectivity index (χ3n) is 5.84. The van der Waals surface area contributed by atoms with Crippen molar-refractivity contribution in [1.29, 1.82) is 10.8 Å². The molecule has 0 unspecified atom stereocenters. The molecule has 0 amide bonds. The number of hydrogen-bond acceptors (Lipinski definition) is 3. The highest BCUT2D eigenvalue weighted by atomic mass is 16.1. The van der Waals surface area contributed by atoms with E-state index in [9.17, 15) is 4.79 Å². The lowest BCUT2D eigenvalue weighted by atomic mass is 9.98. The topological polar surface area (TPSA) is 138 Å². The molecule has 0 radical (unpaired) electrons. The van der Waals surface area contributed by atoms with Crippen molar-refractivity contribution in [2.45, 2.75) is 32.7 Å². The number of amidine groups is 2. The van der Waals surface area contributed by atoms with Crippen molar-refractivity contribution < 1.29 is 0 Å². The van der Waals surface area contributed by atoms with Crippen LogP contribution >= 0.6 is 0 Å². The minimum atomic E-state index is -0.0514. The molecule has 0 fully saturated rings. The molecule has 0 aliphatic heterocycles. The van der Waals surface area contributed by atoms with Gasteiger partial charge in [-0.2, -0.15) is 0 Å². The summed E-state index contributed by atoms with van der Waals surface area (Å²) in [5, 5.41) is 20.7. The third-order valence-corrected chi connectivity index (χ3v) is 5.84. The van der Waals surface area contributed by atoms with Crippen molar-refractivity contribution in [3.05, 3.63) is 105 Å². The summed E-state index contributed by atoms with van der Waals surface area (Å²) in [5.41, 5.74) is 16.1. The van der Waals surface area contributed by atoms with E-state index in [-0.39, 0.29) is 23.1 Å². The van der Waals surface area contributed by atoms with Crippen LogP contribution < -0.4 is 17.0 Å². The number of nitrogens with zero attached hydrogens (tertiary/aromatic N) is 1. The van der Waals surface area contributed by atoms with Gasteiger partial charge in [-0.3, -0.25) is 20.7 Å². The Bertz CT molecular complexity index is 1430. The molecule has 0 aliphatic carbocycles. The smallest absolute Gasteiger partial charge is 0.270 e. The van der Waals surface area contributed by atoms with Gasteiger partial charge in [0.05, 0.1) is 6.54 Å². The van der Waals surface area contributed by atoms with E-state index >= 15 is 0 Å². The first kappa shape index (κ1) is 22.1. The molecular formula is C26H28N6O. The molecule has 0 spiro atoms. The fourth-order valence-corrected chi connectivity index (χ4v) is 4.10. The number of fused-ring (bicyclic) bond motifs is 1. The molecule has 33 heavy (non-hydrogen) atoms. The summed E-state index contributed by atoms with van der Waals surface area (Å²) in [5.74, 6) is 0.194. The molecule has 7 nitrogen and oxygen atoms in total. The van der Waals surface area contributed by atoms with E-state index in [1.54, 1.807) is 10.7 Å². The molecule has 0 saturated heterocycles. The average molecular weight is 441 g/mol. The minimum absolute atomic E-state index is 0.0108. The molecule has 4 aromatic rings. The molecule has 0 aliphatic rings. The van der Waals surface area contributed by atoms with Gasteiger partial charge in [0, 0.05) is 28.8 Å². The van der Waals surface area contributed by atoms with Crippen LogP contribution in [0.3, 0.4) is 0 Å². The Labute approximate surface area is 192 Å². The van der Waals surface area contributed by atoms with Crippen molar-refractivity contribution in [3.63, 3.8) is 0 Å². The van der Waals surface area contributed by atoms with Gasteiger partial charge in [-0.1, -0.05) is 56.3 Å². The lowest BCUT2D eigenvalue weighted by Gasteiger charge is -2.07. The highest BCUT2D eigenvalue weighted by Gasteiger charge is 2.18. The molecule has 3 aromatic carbocycles. The SMILES string of the molecule is CC(C)c1[nH]n(Cc2ccc3ccc(C(=N)N)cc3c2)c(=O)c1Cc1cccc(C(=N)N)c1. The predicted molar refractivity (Wildman–Crippen MR) is 133 cm³/mol. The van der Waals surface area contributed by atoms with Crippen LogP contribution in [-0.2, 0) is 13.0 Å². The Kier molecular flexibility index (Phi) is 5.87. The van der Waals surface area contributed by atoms with Gasteiger partial charge >= 0.3 is 0 Å². The Hall–Kier alpha value is -4.13. The van der Waals surface area contributed by atoms with Crippen LogP contribution in [0.25, 0.3) is 10.8 Å². The van der Waals surface area contributed by atoms with Gasteiger partial charge in [0.25, 0.3) is 5.56 Å².